The van der Waals surface area contributed by atoms with Crippen LogP contribution in [0.15, 0.2) is 41.4 Å². The molecule has 1 atom stereocenters. The van der Waals surface area contributed by atoms with E-state index in [9.17, 15) is 4.79 Å². The molecule has 1 aliphatic rings. The van der Waals surface area contributed by atoms with E-state index in [1.807, 2.05) is 36.9 Å². The number of fused-ring (bicyclic) bond motifs is 1. The van der Waals surface area contributed by atoms with Crippen molar-refractivity contribution in [3.63, 3.8) is 0 Å². The van der Waals surface area contributed by atoms with Crippen LogP contribution in [0.2, 0.25) is 0 Å². The first-order valence-electron chi connectivity index (χ1n) is 10.3. The number of rotatable bonds is 3. The lowest BCUT2D eigenvalue weighted by atomic mass is 9.99. The molecule has 4 aromatic rings. The van der Waals surface area contributed by atoms with E-state index in [-0.39, 0.29) is 11.9 Å². The summed E-state index contributed by atoms with van der Waals surface area (Å²) in [5, 5.41) is 4.74. The van der Waals surface area contributed by atoms with Gasteiger partial charge in [-0.05, 0) is 50.8 Å². The molecule has 8 nitrogen and oxygen atoms in total. The molecule has 1 saturated heterocycles. The standard InChI is InChI=1S/C23H22N6O2/c1-13-6-7-17-18(9-19(27-21(17)14(13)2)16-10-24-12-25-11-16)23(30)29-8-4-5-20(29)22-26-15(3)28-31-22/h6-7,9-12,20H,4-5,8H2,1-3H3. The highest BCUT2D eigenvalue weighted by Crippen LogP contribution is 2.35. The Labute approximate surface area is 179 Å². The highest BCUT2D eigenvalue weighted by atomic mass is 16.5. The number of pyridine rings is 1. The molecule has 4 heterocycles. The second-order valence-corrected chi connectivity index (χ2v) is 7.92. The highest BCUT2D eigenvalue weighted by Gasteiger charge is 2.35. The summed E-state index contributed by atoms with van der Waals surface area (Å²) >= 11 is 0. The topological polar surface area (TPSA) is 97.9 Å². The van der Waals surface area contributed by atoms with Crippen LogP contribution in [0.25, 0.3) is 22.2 Å². The maximum atomic E-state index is 13.8. The van der Waals surface area contributed by atoms with Crippen LogP contribution in [0.4, 0.5) is 0 Å². The predicted molar refractivity (Wildman–Crippen MR) is 114 cm³/mol. The van der Waals surface area contributed by atoms with Crippen LogP contribution in [0.3, 0.4) is 0 Å². The Balaban J connectivity index is 1.66. The van der Waals surface area contributed by atoms with Gasteiger partial charge in [0, 0.05) is 29.9 Å². The minimum atomic E-state index is -0.216. The number of aryl methyl sites for hydroxylation is 3. The maximum absolute atomic E-state index is 13.8. The quantitative estimate of drug-likeness (QED) is 0.500. The number of amides is 1. The van der Waals surface area contributed by atoms with Gasteiger partial charge in [0.1, 0.15) is 12.4 Å². The summed E-state index contributed by atoms with van der Waals surface area (Å²) in [4.78, 5) is 33.1. The smallest absolute Gasteiger partial charge is 0.255 e. The van der Waals surface area contributed by atoms with Crippen molar-refractivity contribution in [2.75, 3.05) is 6.54 Å². The second kappa shape index (κ2) is 7.54. The van der Waals surface area contributed by atoms with Gasteiger partial charge in [0.25, 0.3) is 5.91 Å². The van der Waals surface area contributed by atoms with Crippen molar-refractivity contribution in [2.24, 2.45) is 0 Å². The average molecular weight is 414 g/mol. The first kappa shape index (κ1) is 19.3. The number of benzene rings is 1. The van der Waals surface area contributed by atoms with Crippen LogP contribution in [0.1, 0.15) is 52.1 Å². The molecule has 1 fully saturated rings. The van der Waals surface area contributed by atoms with Crippen molar-refractivity contribution < 1.29 is 9.32 Å². The number of likely N-dealkylation sites (tertiary alicyclic amines) is 1. The van der Waals surface area contributed by atoms with Crippen LogP contribution in [-0.4, -0.2) is 42.4 Å². The van der Waals surface area contributed by atoms with Gasteiger partial charge in [-0.25, -0.2) is 15.0 Å². The van der Waals surface area contributed by atoms with E-state index >= 15 is 0 Å². The number of hydrogen-bond donors (Lipinski definition) is 0. The lowest BCUT2D eigenvalue weighted by Gasteiger charge is -2.23. The molecule has 0 radical (unpaired) electrons. The summed E-state index contributed by atoms with van der Waals surface area (Å²) in [5.74, 6) is 0.999. The molecule has 0 bridgehead atoms. The van der Waals surface area contributed by atoms with Gasteiger partial charge in [-0.3, -0.25) is 4.79 Å². The fourth-order valence-corrected chi connectivity index (χ4v) is 4.16. The average Bonchev–Trinajstić information content (AvgIpc) is 3.45. The summed E-state index contributed by atoms with van der Waals surface area (Å²) in [6, 6.07) is 5.63. The second-order valence-electron chi connectivity index (χ2n) is 7.92. The molecule has 1 amide bonds. The third-order valence-electron chi connectivity index (χ3n) is 5.93. The molecule has 1 unspecified atom stereocenters. The van der Waals surface area contributed by atoms with Gasteiger partial charge >= 0.3 is 0 Å². The SMILES string of the molecule is Cc1noc(C2CCCN2C(=O)c2cc(-c3cncnc3)nc3c(C)c(C)ccc23)n1. The van der Waals surface area contributed by atoms with E-state index in [2.05, 4.69) is 20.1 Å². The summed E-state index contributed by atoms with van der Waals surface area (Å²) in [7, 11) is 0. The highest BCUT2D eigenvalue weighted by molar-refractivity contribution is 6.08. The van der Waals surface area contributed by atoms with Crippen LogP contribution in [0, 0.1) is 20.8 Å². The van der Waals surface area contributed by atoms with E-state index in [0.717, 1.165) is 40.4 Å². The van der Waals surface area contributed by atoms with Crippen molar-refractivity contribution >= 4 is 16.8 Å². The molecule has 8 heteroatoms. The van der Waals surface area contributed by atoms with E-state index < -0.39 is 0 Å². The molecule has 0 saturated carbocycles. The van der Waals surface area contributed by atoms with Crippen molar-refractivity contribution in [1.29, 1.82) is 0 Å². The Hall–Kier alpha value is -3.68. The number of hydrogen-bond acceptors (Lipinski definition) is 7. The van der Waals surface area contributed by atoms with Gasteiger partial charge < -0.3 is 9.42 Å². The van der Waals surface area contributed by atoms with E-state index in [0.29, 0.717) is 29.5 Å². The zero-order chi connectivity index (χ0) is 21.5. The van der Waals surface area contributed by atoms with Gasteiger partial charge in [0.15, 0.2) is 5.82 Å². The van der Waals surface area contributed by atoms with Gasteiger partial charge in [-0.1, -0.05) is 17.3 Å². The van der Waals surface area contributed by atoms with Crippen LogP contribution in [0.5, 0.6) is 0 Å². The lowest BCUT2D eigenvalue weighted by molar-refractivity contribution is 0.0712. The predicted octanol–water partition coefficient (Wildman–Crippen LogP) is 3.98. The summed E-state index contributed by atoms with van der Waals surface area (Å²) < 4.78 is 5.40. The zero-order valence-electron chi connectivity index (χ0n) is 17.7. The monoisotopic (exact) mass is 414 g/mol. The summed E-state index contributed by atoms with van der Waals surface area (Å²) in [6.45, 7) is 6.50. The molecular formula is C23H22N6O2. The van der Waals surface area contributed by atoms with E-state index in [1.54, 1.807) is 19.3 Å². The normalized spacial score (nSPS) is 16.2. The number of aromatic nitrogens is 5. The molecule has 1 aromatic carbocycles. The maximum Gasteiger partial charge on any atom is 0.255 e. The van der Waals surface area contributed by atoms with Gasteiger partial charge in [-0.15, -0.1) is 0 Å². The third-order valence-corrected chi connectivity index (χ3v) is 5.93. The number of nitrogens with zero attached hydrogens (tertiary/aromatic N) is 6. The molecule has 3 aromatic heterocycles. The Bertz CT molecular complexity index is 1280. The first-order valence-corrected chi connectivity index (χ1v) is 10.3. The van der Waals surface area contributed by atoms with Gasteiger partial charge in [-0.2, -0.15) is 4.98 Å². The minimum Gasteiger partial charge on any atom is -0.337 e. The Morgan fingerprint density at radius 1 is 1.13 bits per heavy atom. The molecule has 1 aliphatic heterocycles. The van der Waals surface area contributed by atoms with Crippen LogP contribution in [-0.2, 0) is 0 Å². The molecule has 156 valence electrons. The van der Waals surface area contributed by atoms with Gasteiger partial charge in [0.05, 0.1) is 16.8 Å². The van der Waals surface area contributed by atoms with E-state index in [1.165, 1.54) is 6.33 Å². The van der Waals surface area contributed by atoms with Crippen molar-refractivity contribution in [2.45, 2.75) is 39.7 Å². The van der Waals surface area contributed by atoms with Crippen LogP contribution < -0.4 is 0 Å². The van der Waals surface area contributed by atoms with Gasteiger partial charge in [0.2, 0.25) is 5.89 Å². The Morgan fingerprint density at radius 3 is 2.68 bits per heavy atom. The summed E-state index contributed by atoms with van der Waals surface area (Å²) in [5.41, 5.74) is 5.04. The Morgan fingerprint density at radius 2 is 1.94 bits per heavy atom. The summed E-state index contributed by atoms with van der Waals surface area (Å²) in [6.07, 6.45) is 6.58. The molecular weight excluding hydrogens is 392 g/mol. The van der Waals surface area contributed by atoms with Crippen molar-refractivity contribution in [1.82, 2.24) is 30.0 Å². The fraction of sp³-hybridized carbons (Fsp3) is 0.304. The molecule has 0 N–H and O–H groups in total. The van der Waals surface area contributed by atoms with Crippen molar-refractivity contribution in [3.8, 4) is 11.3 Å². The van der Waals surface area contributed by atoms with Crippen molar-refractivity contribution in [3.05, 3.63) is 65.3 Å². The minimum absolute atomic E-state index is 0.0629. The Kier molecular flexibility index (Phi) is 4.69. The fourth-order valence-electron chi connectivity index (χ4n) is 4.16. The number of carbonyl (C=O) groups excluding carboxylic acids is 1. The molecule has 0 aliphatic carbocycles. The zero-order valence-corrected chi connectivity index (χ0v) is 17.7. The molecule has 31 heavy (non-hydrogen) atoms. The molecule has 0 spiro atoms. The third kappa shape index (κ3) is 3.34. The number of carbonyl (C=O) groups is 1. The molecule has 5 rings (SSSR count). The first-order chi connectivity index (χ1) is 15.0. The lowest BCUT2D eigenvalue weighted by Crippen LogP contribution is -2.31. The van der Waals surface area contributed by atoms with E-state index in [4.69, 9.17) is 9.51 Å². The van der Waals surface area contributed by atoms with Crippen LogP contribution >= 0.6 is 0 Å². The largest absolute Gasteiger partial charge is 0.337 e.